The minimum atomic E-state index is -0.189. The fourth-order valence-corrected chi connectivity index (χ4v) is 3.62. The van der Waals surface area contributed by atoms with Gasteiger partial charge in [-0.05, 0) is 53.6 Å². The maximum atomic E-state index is 12.6. The van der Waals surface area contributed by atoms with Crippen LogP contribution in [0.15, 0.2) is 60.8 Å². The summed E-state index contributed by atoms with van der Waals surface area (Å²) in [5, 5.41) is 3.13. The van der Waals surface area contributed by atoms with Crippen LogP contribution in [-0.4, -0.2) is 48.4 Å². The van der Waals surface area contributed by atoms with Crippen molar-refractivity contribution in [2.75, 3.05) is 48.0 Å². The highest BCUT2D eigenvalue weighted by atomic mass is 16.5. The molecule has 8 nitrogen and oxygen atoms in total. The molecule has 0 radical (unpaired) electrons. The van der Waals surface area contributed by atoms with E-state index in [1.165, 1.54) is 13.2 Å². The lowest BCUT2D eigenvalue weighted by molar-refractivity contribution is 0.104. The average Bonchev–Trinajstić information content (AvgIpc) is 2.94. The van der Waals surface area contributed by atoms with Gasteiger partial charge in [-0.2, -0.15) is 0 Å². The minimum Gasteiger partial charge on any atom is -0.495 e. The van der Waals surface area contributed by atoms with Crippen LogP contribution in [0.3, 0.4) is 0 Å². The molecule has 194 valence electrons. The molecule has 0 amide bonds. The minimum absolute atomic E-state index is 0.189. The summed E-state index contributed by atoms with van der Waals surface area (Å²) in [6.45, 7) is 0. The molecule has 0 aromatic heterocycles. The van der Waals surface area contributed by atoms with Crippen LogP contribution >= 0.6 is 0 Å². The first kappa shape index (κ1) is 27.0. The van der Waals surface area contributed by atoms with Crippen molar-refractivity contribution in [1.82, 2.24) is 0 Å². The molecular formula is C29H31NO7. The number of rotatable bonds is 12. The molecule has 0 fully saturated rings. The number of allylic oxidation sites excluding steroid dienone is 1. The largest absolute Gasteiger partial charge is 0.495 e. The van der Waals surface area contributed by atoms with E-state index in [1.807, 2.05) is 42.5 Å². The Balaban J connectivity index is 1.79. The molecule has 37 heavy (non-hydrogen) atoms. The number of ketones is 1. The molecule has 0 atom stereocenters. The van der Waals surface area contributed by atoms with Crippen molar-refractivity contribution in [3.8, 4) is 34.5 Å². The number of anilines is 1. The van der Waals surface area contributed by atoms with Gasteiger partial charge >= 0.3 is 0 Å². The third kappa shape index (κ3) is 6.55. The summed E-state index contributed by atoms with van der Waals surface area (Å²) in [5.41, 5.74) is 2.97. The number of hydrogen-bond acceptors (Lipinski definition) is 8. The second-order valence-electron chi connectivity index (χ2n) is 7.66. The van der Waals surface area contributed by atoms with Crippen molar-refractivity contribution in [1.29, 1.82) is 0 Å². The van der Waals surface area contributed by atoms with Gasteiger partial charge in [-0.1, -0.05) is 18.2 Å². The highest BCUT2D eigenvalue weighted by molar-refractivity contribution is 6.05. The van der Waals surface area contributed by atoms with Crippen LogP contribution in [0.2, 0.25) is 0 Å². The van der Waals surface area contributed by atoms with Crippen LogP contribution in [0.1, 0.15) is 21.5 Å². The lowest BCUT2D eigenvalue weighted by Gasteiger charge is -2.13. The Morgan fingerprint density at radius 3 is 1.81 bits per heavy atom. The van der Waals surface area contributed by atoms with Gasteiger partial charge in [0.2, 0.25) is 5.75 Å². The quantitative estimate of drug-likeness (QED) is 0.190. The zero-order valence-electron chi connectivity index (χ0n) is 21.8. The summed E-state index contributed by atoms with van der Waals surface area (Å²) < 4.78 is 32.2. The Kier molecular flexibility index (Phi) is 9.43. The van der Waals surface area contributed by atoms with Crippen LogP contribution in [0.5, 0.6) is 34.5 Å². The molecule has 8 heteroatoms. The number of ether oxygens (including phenoxy) is 6. The van der Waals surface area contributed by atoms with Gasteiger partial charge in [0.05, 0.1) is 48.3 Å². The molecule has 0 aliphatic rings. The van der Waals surface area contributed by atoms with E-state index in [9.17, 15) is 4.79 Å². The zero-order valence-corrected chi connectivity index (χ0v) is 21.8. The Labute approximate surface area is 217 Å². The number of benzene rings is 3. The van der Waals surface area contributed by atoms with Crippen molar-refractivity contribution in [2.45, 2.75) is 0 Å². The van der Waals surface area contributed by atoms with Crippen LogP contribution in [0.25, 0.3) is 12.2 Å². The van der Waals surface area contributed by atoms with Gasteiger partial charge in [-0.15, -0.1) is 0 Å². The topological polar surface area (TPSA) is 84.5 Å². The lowest BCUT2D eigenvalue weighted by Crippen LogP contribution is -1.99. The molecule has 0 spiro atoms. The summed E-state index contributed by atoms with van der Waals surface area (Å²) in [5.74, 6) is 3.17. The molecule has 0 saturated heterocycles. The van der Waals surface area contributed by atoms with E-state index in [4.69, 9.17) is 28.4 Å². The van der Waals surface area contributed by atoms with Crippen molar-refractivity contribution in [3.05, 3.63) is 77.5 Å². The third-order valence-corrected chi connectivity index (χ3v) is 5.52. The van der Waals surface area contributed by atoms with E-state index in [0.29, 0.717) is 45.7 Å². The first-order valence-electron chi connectivity index (χ1n) is 11.3. The Hall–Kier alpha value is -4.59. The summed E-state index contributed by atoms with van der Waals surface area (Å²) >= 11 is 0. The van der Waals surface area contributed by atoms with Crippen LogP contribution in [-0.2, 0) is 0 Å². The zero-order chi connectivity index (χ0) is 26.8. The van der Waals surface area contributed by atoms with E-state index in [2.05, 4.69) is 5.32 Å². The fourth-order valence-electron chi connectivity index (χ4n) is 3.62. The predicted octanol–water partition coefficient (Wildman–Crippen LogP) is 5.72. The number of nitrogens with one attached hydrogen (secondary N) is 1. The first-order valence-corrected chi connectivity index (χ1v) is 11.3. The maximum absolute atomic E-state index is 12.6. The first-order chi connectivity index (χ1) is 18.0. The Morgan fingerprint density at radius 2 is 1.22 bits per heavy atom. The highest BCUT2D eigenvalue weighted by Gasteiger charge is 2.12. The van der Waals surface area contributed by atoms with E-state index in [-0.39, 0.29) is 5.78 Å². The fraction of sp³-hybridized carbons (Fsp3) is 0.207. The Bertz CT molecular complexity index is 1270. The van der Waals surface area contributed by atoms with E-state index in [0.717, 1.165) is 11.1 Å². The van der Waals surface area contributed by atoms with Gasteiger partial charge in [0, 0.05) is 17.8 Å². The number of methoxy groups -OCH3 is 6. The SMILES string of the molecule is COc1ccc(/C=C\c2cc(OC)c(OC)c(OC)c2)cc1N/C=C\C(=O)c1ccc(OC)c(OC)c1. The number of carbonyl (C=O) groups is 1. The number of carbonyl (C=O) groups excluding carboxylic acids is 1. The van der Waals surface area contributed by atoms with E-state index < -0.39 is 0 Å². The smallest absolute Gasteiger partial charge is 0.203 e. The molecule has 0 aliphatic carbocycles. The molecule has 0 aliphatic heterocycles. The van der Waals surface area contributed by atoms with Gasteiger partial charge in [0.1, 0.15) is 5.75 Å². The summed E-state index contributed by atoms with van der Waals surface area (Å²) in [6, 6.07) is 14.4. The van der Waals surface area contributed by atoms with Gasteiger partial charge in [-0.25, -0.2) is 0 Å². The highest BCUT2D eigenvalue weighted by Crippen LogP contribution is 2.38. The van der Waals surface area contributed by atoms with Crippen LogP contribution in [0, 0.1) is 0 Å². The lowest BCUT2D eigenvalue weighted by atomic mass is 10.1. The summed E-state index contributed by atoms with van der Waals surface area (Å²) in [7, 11) is 9.39. The monoisotopic (exact) mass is 505 g/mol. The maximum Gasteiger partial charge on any atom is 0.203 e. The van der Waals surface area contributed by atoms with Crippen molar-refractivity contribution >= 4 is 23.6 Å². The second-order valence-corrected chi connectivity index (χ2v) is 7.66. The predicted molar refractivity (Wildman–Crippen MR) is 145 cm³/mol. The Morgan fingerprint density at radius 1 is 0.622 bits per heavy atom. The molecule has 0 bridgehead atoms. The third-order valence-electron chi connectivity index (χ3n) is 5.52. The molecule has 3 aromatic rings. The van der Waals surface area contributed by atoms with Crippen molar-refractivity contribution in [3.63, 3.8) is 0 Å². The van der Waals surface area contributed by atoms with Crippen molar-refractivity contribution < 1.29 is 33.2 Å². The van der Waals surface area contributed by atoms with Gasteiger partial charge in [0.15, 0.2) is 28.8 Å². The summed E-state index contributed by atoms with van der Waals surface area (Å²) in [4.78, 5) is 12.6. The average molecular weight is 506 g/mol. The van der Waals surface area contributed by atoms with Gasteiger partial charge < -0.3 is 33.7 Å². The molecule has 0 saturated carbocycles. The molecule has 3 rings (SSSR count). The van der Waals surface area contributed by atoms with E-state index in [1.54, 1.807) is 59.9 Å². The molecular weight excluding hydrogens is 474 g/mol. The normalized spacial score (nSPS) is 10.9. The molecule has 0 unspecified atom stereocenters. The van der Waals surface area contributed by atoms with Gasteiger partial charge in [0.25, 0.3) is 0 Å². The standard InChI is InChI=1S/C29H31NO7/c1-32-24-11-9-19(7-8-20-16-27(35-4)29(37-6)28(17-20)36-5)15-22(24)30-14-13-23(31)21-10-12-25(33-2)26(18-21)34-3/h7-18,30H,1-6H3/b8-7-,14-13-. The van der Waals surface area contributed by atoms with E-state index >= 15 is 0 Å². The second kappa shape index (κ2) is 12.9. The van der Waals surface area contributed by atoms with Crippen LogP contribution < -0.4 is 33.7 Å². The molecule has 1 N–H and O–H groups in total. The molecule has 0 heterocycles. The molecule has 3 aromatic carbocycles. The summed E-state index contributed by atoms with van der Waals surface area (Å²) in [6.07, 6.45) is 6.90. The van der Waals surface area contributed by atoms with Gasteiger partial charge in [-0.3, -0.25) is 4.79 Å². The van der Waals surface area contributed by atoms with Crippen molar-refractivity contribution in [2.24, 2.45) is 0 Å². The van der Waals surface area contributed by atoms with Crippen LogP contribution in [0.4, 0.5) is 5.69 Å². The number of hydrogen-bond donors (Lipinski definition) is 1.